The molecule has 18 heavy (non-hydrogen) atoms. The van der Waals surface area contributed by atoms with E-state index in [1.165, 1.54) is 12.0 Å². The third-order valence-corrected chi connectivity index (χ3v) is 3.44. The summed E-state index contributed by atoms with van der Waals surface area (Å²) in [6.45, 7) is 5.08. The fraction of sp³-hybridized carbons (Fsp3) is 0.500. The molecule has 1 N–H and O–H groups in total. The Balaban J connectivity index is 2.26. The Morgan fingerprint density at radius 2 is 2.17 bits per heavy atom. The van der Waals surface area contributed by atoms with Gasteiger partial charge in [0.15, 0.2) is 0 Å². The van der Waals surface area contributed by atoms with Gasteiger partial charge in [0.25, 0.3) is 0 Å². The van der Waals surface area contributed by atoms with E-state index in [-0.39, 0.29) is 11.9 Å². The van der Waals surface area contributed by atoms with Crippen molar-refractivity contribution in [2.24, 2.45) is 0 Å². The Morgan fingerprint density at radius 3 is 2.78 bits per heavy atom. The zero-order chi connectivity index (χ0) is 13.0. The van der Waals surface area contributed by atoms with Gasteiger partial charge in [-0.25, -0.2) is 4.39 Å². The average Bonchev–Trinajstić information content (AvgIpc) is 2.82. The highest BCUT2D eigenvalue weighted by Crippen LogP contribution is 2.31. The molecule has 1 aliphatic rings. The lowest BCUT2D eigenvalue weighted by atomic mass is 9.96. The average molecular weight is 247 g/mol. The number of rotatable bonds is 5. The maximum Gasteiger partial charge on any atom is 0.123 e. The van der Waals surface area contributed by atoms with Crippen molar-refractivity contribution >= 4 is 0 Å². The van der Waals surface area contributed by atoms with Gasteiger partial charge < -0.3 is 5.32 Å². The maximum atomic E-state index is 13.6. The van der Waals surface area contributed by atoms with Crippen LogP contribution in [0.4, 0.5) is 4.39 Å². The smallest absolute Gasteiger partial charge is 0.123 e. The van der Waals surface area contributed by atoms with E-state index in [4.69, 9.17) is 0 Å². The monoisotopic (exact) mass is 247 g/mol. The number of aryl methyl sites for hydroxylation is 1. The van der Waals surface area contributed by atoms with Crippen LogP contribution in [0.5, 0.6) is 0 Å². The van der Waals surface area contributed by atoms with Gasteiger partial charge in [0.1, 0.15) is 5.82 Å². The zero-order valence-electron chi connectivity index (χ0n) is 11.3. The lowest BCUT2D eigenvalue weighted by Gasteiger charge is -2.21. The molecule has 0 heterocycles. The number of hydrogen-bond donors (Lipinski definition) is 1. The first-order valence-corrected chi connectivity index (χ1v) is 6.90. The molecule has 2 rings (SSSR count). The molecular formula is C16H22FN. The molecule has 0 aliphatic heterocycles. The van der Waals surface area contributed by atoms with Crippen LogP contribution in [0.15, 0.2) is 29.8 Å². The minimum atomic E-state index is -0.133. The van der Waals surface area contributed by atoms with Crippen molar-refractivity contribution < 1.29 is 4.39 Å². The standard InChI is InChI=1S/C16H22FN/c1-3-8-18-16(13-6-4-5-7-13)14-9-12(2)10-15(17)11-14/h6,9-11,16,18H,3-5,7-8H2,1-2H3. The normalized spacial score (nSPS) is 16.7. The quantitative estimate of drug-likeness (QED) is 0.766. The fourth-order valence-electron chi connectivity index (χ4n) is 2.64. The Bertz CT molecular complexity index is 416. The maximum absolute atomic E-state index is 13.6. The van der Waals surface area contributed by atoms with Gasteiger partial charge in [0.2, 0.25) is 0 Å². The molecular weight excluding hydrogens is 225 g/mol. The Morgan fingerprint density at radius 1 is 1.33 bits per heavy atom. The van der Waals surface area contributed by atoms with E-state index >= 15 is 0 Å². The van der Waals surface area contributed by atoms with Crippen LogP contribution in [0, 0.1) is 12.7 Å². The molecule has 0 bridgehead atoms. The van der Waals surface area contributed by atoms with Crippen LogP contribution >= 0.6 is 0 Å². The Kier molecular flexibility index (Phi) is 4.54. The van der Waals surface area contributed by atoms with E-state index in [2.05, 4.69) is 24.4 Å². The molecule has 1 aromatic rings. The summed E-state index contributed by atoms with van der Waals surface area (Å²) in [6, 6.07) is 5.54. The van der Waals surface area contributed by atoms with Crippen molar-refractivity contribution in [3.63, 3.8) is 0 Å². The summed E-state index contributed by atoms with van der Waals surface area (Å²) >= 11 is 0. The summed E-state index contributed by atoms with van der Waals surface area (Å²) in [7, 11) is 0. The van der Waals surface area contributed by atoms with Crippen LogP contribution < -0.4 is 5.32 Å². The molecule has 0 aromatic heterocycles. The van der Waals surface area contributed by atoms with Crippen LogP contribution in [0.2, 0.25) is 0 Å². The lowest BCUT2D eigenvalue weighted by Crippen LogP contribution is -2.23. The third kappa shape index (κ3) is 3.20. The third-order valence-electron chi connectivity index (χ3n) is 3.44. The number of halogens is 1. The second-order valence-electron chi connectivity index (χ2n) is 5.12. The van der Waals surface area contributed by atoms with Crippen molar-refractivity contribution in [3.8, 4) is 0 Å². The largest absolute Gasteiger partial charge is 0.307 e. The Hall–Kier alpha value is -1.15. The van der Waals surface area contributed by atoms with E-state index in [0.717, 1.165) is 36.9 Å². The molecule has 0 radical (unpaired) electrons. The van der Waals surface area contributed by atoms with Crippen LogP contribution in [0.3, 0.4) is 0 Å². The van der Waals surface area contributed by atoms with Crippen LogP contribution in [0.1, 0.15) is 49.8 Å². The zero-order valence-corrected chi connectivity index (χ0v) is 11.3. The summed E-state index contributed by atoms with van der Waals surface area (Å²) in [5.74, 6) is -0.133. The molecule has 0 saturated carbocycles. The predicted octanol–water partition coefficient (Wildman–Crippen LogP) is 4.29. The first kappa shape index (κ1) is 13.3. The van der Waals surface area contributed by atoms with E-state index in [1.807, 2.05) is 6.92 Å². The number of benzene rings is 1. The first-order valence-electron chi connectivity index (χ1n) is 6.90. The van der Waals surface area contributed by atoms with Crippen LogP contribution in [-0.4, -0.2) is 6.54 Å². The molecule has 2 heteroatoms. The van der Waals surface area contributed by atoms with E-state index in [1.54, 1.807) is 12.1 Å². The van der Waals surface area contributed by atoms with Gasteiger partial charge in [0, 0.05) is 0 Å². The van der Waals surface area contributed by atoms with Gasteiger partial charge in [-0.3, -0.25) is 0 Å². The summed E-state index contributed by atoms with van der Waals surface area (Å²) in [6.07, 6.45) is 6.93. The fourth-order valence-corrected chi connectivity index (χ4v) is 2.64. The highest BCUT2D eigenvalue weighted by atomic mass is 19.1. The van der Waals surface area contributed by atoms with Gasteiger partial charge in [-0.05, 0) is 62.4 Å². The SMILES string of the molecule is CCCNC(C1=CCCC1)c1cc(C)cc(F)c1. The second-order valence-corrected chi connectivity index (χ2v) is 5.12. The summed E-state index contributed by atoms with van der Waals surface area (Å²) < 4.78 is 13.6. The molecule has 1 aliphatic carbocycles. The molecule has 0 saturated heterocycles. The van der Waals surface area contributed by atoms with E-state index in [9.17, 15) is 4.39 Å². The molecule has 1 nitrogen and oxygen atoms in total. The van der Waals surface area contributed by atoms with Gasteiger partial charge >= 0.3 is 0 Å². The summed E-state index contributed by atoms with van der Waals surface area (Å²) in [5.41, 5.74) is 3.48. The molecule has 1 atom stereocenters. The minimum absolute atomic E-state index is 0.133. The molecule has 0 amide bonds. The second kappa shape index (κ2) is 6.14. The van der Waals surface area contributed by atoms with Crippen LogP contribution in [-0.2, 0) is 0 Å². The van der Waals surface area contributed by atoms with Gasteiger partial charge in [-0.2, -0.15) is 0 Å². The molecule has 98 valence electrons. The lowest BCUT2D eigenvalue weighted by molar-refractivity contribution is 0.569. The minimum Gasteiger partial charge on any atom is -0.307 e. The number of nitrogens with one attached hydrogen (secondary N) is 1. The highest BCUT2D eigenvalue weighted by molar-refractivity contribution is 5.33. The molecule has 1 unspecified atom stereocenters. The van der Waals surface area contributed by atoms with Gasteiger partial charge in [-0.15, -0.1) is 0 Å². The van der Waals surface area contributed by atoms with Gasteiger partial charge in [0.05, 0.1) is 6.04 Å². The number of allylic oxidation sites excluding steroid dienone is 1. The predicted molar refractivity (Wildman–Crippen MR) is 74.1 cm³/mol. The van der Waals surface area contributed by atoms with Crippen molar-refractivity contribution in [2.75, 3.05) is 6.54 Å². The van der Waals surface area contributed by atoms with Crippen molar-refractivity contribution in [3.05, 3.63) is 46.8 Å². The van der Waals surface area contributed by atoms with E-state index in [0.29, 0.717) is 0 Å². The topological polar surface area (TPSA) is 12.0 Å². The molecule has 0 fully saturated rings. The van der Waals surface area contributed by atoms with Crippen molar-refractivity contribution in [1.82, 2.24) is 5.32 Å². The molecule has 1 aromatic carbocycles. The van der Waals surface area contributed by atoms with Crippen molar-refractivity contribution in [2.45, 2.75) is 45.6 Å². The van der Waals surface area contributed by atoms with Crippen LogP contribution in [0.25, 0.3) is 0 Å². The summed E-state index contributed by atoms with van der Waals surface area (Å²) in [5, 5.41) is 3.55. The molecule has 0 spiro atoms. The van der Waals surface area contributed by atoms with Crippen molar-refractivity contribution in [1.29, 1.82) is 0 Å². The number of hydrogen-bond acceptors (Lipinski definition) is 1. The highest BCUT2D eigenvalue weighted by Gasteiger charge is 2.19. The summed E-state index contributed by atoms with van der Waals surface area (Å²) in [4.78, 5) is 0. The van der Waals surface area contributed by atoms with E-state index < -0.39 is 0 Å². The Labute approximate surface area is 109 Å². The van der Waals surface area contributed by atoms with Gasteiger partial charge in [-0.1, -0.05) is 24.6 Å². The first-order chi connectivity index (χ1) is 8.70.